The van der Waals surface area contributed by atoms with E-state index in [4.69, 9.17) is 14.2 Å². The molecule has 0 aromatic heterocycles. The van der Waals surface area contributed by atoms with Gasteiger partial charge in [0.1, 0.15) is 6.04 Å². The van der Waals surface area contributed by atoms with Crippen LogP contribution in [-0.2, 0) is 19.0 Å². The second-order valence-corrected chi connectivity index (χ2v) is 4.23. The van der Waals surface area contributed by atoms with Crippen molar-refractivity contribution in [3.63, 3.8) is 0 Å². The summed E-state index contributed by atoms with van der Waals surface area (Å²) in [6, 6.07) is -0.357. The van der Waals surface area contributed by atoms with Gasteiger partial charge >= 0.3 is 5.97 Å². The average Bonchev–Trinajstić information content (AvgIpc) is 2.38. The van der Waals surface area contributed by atoms with Gasteiger partial charge in [0.25, 0.3) is 0 Å². The van der Waals surface area contributed by atoms with Gasteiger partial charge in [-0.3, -0.25) is 4.79 Å². The Hall–Kier alpha value is -0.650. The minimum Gasteiger partial charge on any atom is -0.468 e. The highest BCUT2D eigenvalue weighted by Gasteiger charge is 2.19. The minimum absolute atomic E-state index is 0.265. The molecule has 0 aromatic rings. The summed E-state index contributed by atoms with van der Waals surface area (Å²) < 4.78 is 15.6. The number of hydrogen-bond donors (Lipinski definition) is 1. The molecule has 17 heavy (non-hydrogen) atoms. The molecular weight excluding hydrogens is 222 g/mol. The van der Waals surface area contributed by atoms with Crippen LogP contribution in [-0.4, -0.2) is 52.1 Å². The second kappa shape index (κ2) is 8.44. The highest BCUT2D eigenvalue weighted by molar-refractivity contribution is 5.75. The molecule has 1 saturated heterocycles. The van der Waals surface area contributed by atoms with E-state index in [0.717, 1.165) is 32.6 Å². The number of carbonyl (C=O) groups excluding carboxylic acids is 1. The number of carbonyl (C=O) groups is 1. The fraction of sp³-hybridized carbons (Fsp3) is 0.917. The van der Waals surface area contributed by atoms with Gasteiger partial charge in [0, 0.05) is 19.8 Å². The smallest absolute Gasteiger partial charge is 0.325 e. The van der Waals surface area contributed by atoms with Crippen LogP contribution in [0.1, 0.15) is 19.8 Å². The Morgan fingerprint density at radius 2 is 2.18 bits per heavy atom. The first kappa shape index (κ1) is 14.4. The van der Waals surface area contributed by atoms with Crippen molar-refractivity contribution in [3.05, 3.63) is 0 Å². The fourth-order valence-corrected chi connectivity index (χ4v) is 1.86. The molecule has 1 N–H and O–H groups in total. The zero-order valence-corrected chi connectivity index (χ0v) is 10.7. The van der Waals surface area contributed by atoms with Crippen molar-refractivity contribution in [2.75, 3.05) is 40.1 Å². The van der Waals surface area contributed by atoms with Crippen LogP contribution >= 0.6 is 0 Å². The monoisotopic (exact) mass is 245 g/mol. The molecule has 1 atom stereocenters. The molecule has 0 saturated carbocycles. The first-order valence-electron chi connectivity index (χ1n) is 6.24. The number of rotatable bonds is 7. The van der Waals surface area contributed by atoms with Gasteiger partial charge in [-0.2, -0.15) is 0 Å². The van der Waals surface area contributed by atoms with Crippen LogP contribution in [0.25, 0.3) is 0 Å². The Morgan fingerprint density at radius 1 is 1.47 bits per heavy atom. The van der Waals surface area contributed by atoms with Crippen LogP contribution in [0.4, 0.5) is 0 Å². The van der Waals surface area contributed by atoms with E-state index in [1.165, 1.54) is 7.11 Å². The molecule has 0 aromatic carbocycles. The van der Waals surface area contributed by atoms with E-state index in [0.29, 0.717) is 19.1 Å². The lowest BCUT2D eigenvalue weighted by Crippen LogP contribution is -2.41. The SMILES string of the molecule is CCNC(COCC1CCOCC1)C(=O)OC. The van der Waals surface area contributed by atoms with Gasteiger partial charge in [-0.1, -0.05) is 6.92 Å². The maximum absolute atomic E-state index is 11.4. The molecule has 1 aliphatic rings. The molecule has 5 heteroatoms. The molecule has 1 fully saturated rings. The minimum atomic E-state index is -0.357. The van der Waals surface area contributed by atoms with E-state index in [9.17, 15) is 4.79 Å². The van der Waals surface area contributed by atoms with E-state index in [2.05, 4.69) is 5.32 Å². The van der Waals surface area contributed by atoms with Crippen molar-refractivity contribution in [1.82, 2.24) is 5.32 Å². The topological polar surface area (TPSA) is 56.8 Å². The number of esters is 1. The van der Waals surface area contributed by atoms with Gasteiger partial charge < -0.3 is 19.5 Å². The first-order chi connectivity index (χ1) is 8.27. The van der Waals surface area contributed by atoms with Crippen molar-refractivity contribution in [2.45, 2.75) is 25.8 Å². The van der Waals surface area contributed by atoms with Gasteiger partial charge in [-0.15, -0.1) is 0 Å². The van der Waals surface area contributed by atoms with Crippen LogP contribution in [0.5, 0.6) is 0 Å². The lowest BCUT2D eigenvalue weighted by Gasteiger charge is -2.23. The maximum Gasteiger partial charge on any atom is 0.325 e. The summed E-state index contributed by atoms with van der Waals surface area (Å²) >= 11 is 0. The molecular formula is C12H23NO4. The van der Waals surface area contributed by atoms with E-state index >= 15 is 0 Å². The Labute approximate surface area is 103 Å². The van der Waals surface area contributed by atoms with Crippen LogP contribution in [0, 0.1) is 5.92 Å². The summed E-state index contributed by atoms with van der Waals surface area (Å²) in [4.78, 5) is 11.4. The highest BCUT2D eigenvalue weighted by atomic mass is 16.5. The number of nitrogens with one attached hydrogen (secondary N) is 1. The number of hydrogen-bond acceptors (Lipinski definition) is 5. The summed E-state index contributed by atoms with van der Waals surface area (Å²) in [5, 5.41) is 3.05. The molecule has 1 heterocycles. The Morgan fingerprint density at radius 3 is 2.76 bits per heavy atom. The predicted molar refractivity (Wildman–Crippen MR) is 63.8 cm³/mol. The summed E-state index contributed by atoms with van der Waals surface area (Å²) in [6.45, 7) is 5.39. The maximum atomic E-state index is 11.4. The van der Waals surface area contributed by atoms with Gasteiger partial charge in [0.2, 0.25) is 0 Å². The Kier molecular flexibility index (Phi) is 7.16. The zero-order chi connectivity index (χ0) is 12.5. The third-order valence-corrected chi connectivity index (χ3v) is 2.92. The van der Waals surface area contributed by atoms with Crippen LogP contribution in [0.2, 0.25) is 0 Å². The first-order valence-corrected chi connectivity index (χ1v) is 6.24. The summed E-state index contributed by atoms with van der Waals surface area (Å²) in [5.41, 5.74) is 0. The standard InChI is InChI=1S/C12H23NO4/c1-3-13-11(12(14)15-2)9-17-8-10-4-6-16-7-5-10/h10-11,13H,3-9H2,1-2H3. The van der Waals surface area contributed by atoms with Crippen molar-refractivity contribution < 1.29 is 19.0 Å². The van der Waals surface area contributed by atoms with Crippen LogP contribution in [0.15, 0.2) is 0 Å². The third-order valence-electron chi connectivity index (χ3n) is 2.92. The Bertz CT molecular complexity index is 217. The molecule has 0 bridgehead atoms. The van der Waals surface area contributed by atoms with Gasteiger partial charge in [-0.25, -0.2) is 0 Å². The number of ether oxygens (including phenoxy) is 3. The van der Waals surface area contributed by atoms with Gasteiger partial charge in [0.15, 0.2) is 0 Å². The molecule has 1 aliphatic heterocycles. The number of likely N-dealkylation sites (N-methyl/N-ethyl adjacent to an activating group) is 1. The van der Waals surface area contributed by atoms with Crippen LogP contribution in [0.3, 0.4) is 0 Å². The van der Waals surface area contributed by atoms with Gasteiger partial charge in [0.05, 0.1) is 13.7 Å². The third kappa shape index (κ3) is 5.48. The average molecular weight is 245 g/mol. The Balaban J connectivity index is 2.18. The molecule has 0 radical (unpaired) electrons. The fourth-order valence-electron chi connectivity index (χ4n) is 1.86. The van der Waals surface area contributed by atoms with E-state index in [-0.39, 0.29) is 12.0 Å². The van der Waals surface area contributed by atoms with Crippen molar-refractivity contribution in [3.8, 4) is 0 Å². The van der Waals surface area contributed by atoms with Crippen molar-refractivity contribution in [2.24, 2.45) is 5.92 Å². The largest absolute Gasteiger partial charge is 0.468 e. The number of methoxy groups -OCH3 is 1. The molecule has 0 aliphatic carbocycles. The van der Waals surface area contributed by atoms with Gasteiger partial charge in [-0.05, 0) is 25.3 Å². The van der Waals surface area contributed by atoms with Crippen LogP contribution < -0.4 is 5.32 Å². The van der Waals surface area contributed by atoms with E-state index in [1.807, 2.05) is 6.92 Å². The van der Waals surface area contributed by atoms with E-state index < -0.39 is 0 Å². The van der Waals surface area contributed by atoms with E-state index in [1.54, 1.807) is 0 Å². The molecule has 1 rings (SSSR count). The second-order valence-electron chi connectivity index (χ2n) is 4.23. The molecule has 5 nitrogen and oxygen atoms in total. The molecule has 0 spiro atoms. The van der Waals surface area contributed by atoms with Crippen molar-refractivity contribution in [1.29, 1.82) is 0 Å². The molecule has 1 unspecified atom stereocenters. The molecule has 100 valence electrons. The normalized spacial score (nSPS) is 18.9. The summed E-state index contributed by atoms with van der Waals surface area (Å²) in [7, 11) is 1.39. The summed E-state index contributed by atoms with van der Waals surface area (Å²) in [5.74, 6) is 0.294. The predicted octanol–water partition coefficient (Wildman–Crippen LogP) is 0.581. The lowest BCUT2D eigenvalue weighted by atomic mass is 10.0. The molecule has 0 amide bonds. The zero-order valence-electron chi connectivity index (χ0n) is 10.7. The summed E-state index contributed by atoms with van der Waals surface area (Å²) in [6.07, 6.45) is 2.09. The highest BCUT2D eigenvalue weighted by Crippen LogP contribution is 2.14. The van der Waals surface area contributed by atoms with Crippen molar-refractivity contribution >= 4 is 5.97 Å². The lowest BCUT2D eigenvalue weighted by molar-refractivity contribution is -0.145. The quantitative estimate of drug-likeness (QED) is 0.665.